The van der Waals surface area contributed by atoms with Gasteiger partial charge in [0.25, 0.3) is 5.56 Å². The van der Waals surface area contributed by atoms with Gasteiger partial charge in [-0.3, -0.25) is 9.36 Å². The van der Waals surface area contributed by atoms with Gasteiger partial charge >= 0.3 is 0 Å². The number of unbranched alkanes of at least 4 members (excludes halogenated alkanes) is 10. The van der Waals surface area contributed by atoms with E-state index in [0.717, 1.165) is 46.5 Å². The van der Waals surface area contributed by atoms with Crippen LogP contribution in [0.1, 0.15) is 132 Å². The predicted octanol–water partition coefficient (Wildman–Crippen LogP) is 10.5. The van der Waals surface area contributed by atoms with Gasteiger partial charge in [-0.25, -0.2) is 4.98 Å². The Morgan fingerprint density at radius 3 is 1.98 bits per heavy atom. The van der Waals surface area contributed by atoms with Crippen molar-refractivity contribution in [1.29, 1.82) is 0 Å². The number of fused-ring (bicyclic) bond motifs is 1. The van der Waals surface area contributed by atoms with Gasteiger partial charge in [-0.15, -0.1) is 0 Å². The lowest BCUT2D eigenvalue weighted by Crippen LogP contribution is -2.18. The Morgan fingerprint density at radius 2 is 1.35 bits per heavy atom. The molecule has 3 aromatic rings. The monoisotopic (exact) mass is 655 g/mol. The van der Waals surface area contributed by atoms with Gasteiger partial charge in [0.2, 0.25) is 0 Å². The van der Waals surface area contributed by atoms with Gasteiger partial charge in [-0.05, 0) is 70.5 Å². The quantitative estimate of drug-likeness (QED) is 0.0871. The molecule has 2 aliphatic rings. The van der Waals surface area contributed by atoms with Gasteiger partial charge in [0.1, 0.15) is 11.4 Å². The van der Waals surface area contributed by atoms with Crippen molar-refractivity contribution in [3.63, 3.8) is 0 Å². The molecule has 0 spiro atoms. The molecule has 256 valence electrons. The fraction of sp³-hybridized carbons (Fsp3) is 0.409. The molecule has 0 amide bonds. The van der Waals surface area contributed by atoms with Crippen molar-refractivity contribution in [3.8, 4) is 34.7 Å². The number of nitrogens with one attached hydrogen (secondary N) is 1. The predicted molar refractivity (Wildman–Crippen MR) is 203 cm³/mol. The van der Waals surface area contributed by atoms with Crippen LogP contribution in [-0.2, 0) is 18.3 Å². The molecule has 0 bridgehead atoms. The molecule has 0 fully saturated rings. The number of imidazole rings is 1. The molecule has 5 heteroatoms. The van der Waals surface area contributed by atoms with Crippen LogP contribution in [0.5, 0.6) is 5.75 Å². The van der Waals surface area contributed by atoms with E-state index in [1.165, 1.54) is 63.4 Å². The highest BCUT2D eigenvalue weighted by atomic mass is 16.3. The Balaban J connectivity index is 1.26. The maximum absolute atomic E-state index is 13.8. The van der Waals surface area contributed by atoms with Gasteiger partial charge in [0.05, 0.1) is 11.4 Å². The fourth-order valence-electron chi connectivity index (χ4n) is 6.29. The summed E-state index contributed by atoms with van der Waals surface area (Å²) in [6.07, 6.45) is 17.1. The highest BCUT2D eigenvalue weighted by Crippen LogP contribution is 2.27. The zero-order valence-electron chi connectivity index (χ0n) is 29.9. The Hall–Kier alpha value is -4.56. The number of rotatable bonds is 15. The smallest absolute Gasteiger partial charge is 0.278 e. The molecule has 49 heavy (non-hydrogen) atoms. The molecule has 0 radical (unpaired) electrons. The van der Waals surface area contributed by atoms with Crippen molar-refractivity contribution in [2.75, 3.05) is 0 Å². The molecule has 0 unspecified atom stereocenters. The molecule has 2 aliphatic heterocycles. The SMILES string of the molecule is CCCCCCCCCCCCC#Cc1ccc(Cc2nc3c(Cc4ccc(C(C)(C)C)cc4)[nH]c(-c4ccc(O)cc4)cn-3c2=O)cc1. The van der Waals surface area contributed by atoms with Gasteiger partial charge in [-0.2, -0.15) is 0 Å². The average Bonchev–Trinajstić information content (AvgIpc) is 3.40. The zero-order valence-corrected chi connectivity index (χ0v) is 29.9. The minimum Gasteiger partial charge on any atom is -0.508 e. The topological polar surface area (TPSA) is 70.9 Å². The van der Waals surface area contributed by atoms with Crippen molar-refractivity contribution in [2.45, 2.75) is 117 Å². The minimum atomic E-state index is -0.117. The first-order valence-electron chi connectivity index (χ1n) is 18.3. The van der Waals surface area contributed by atoms with Crippen LogP contribution in [0, 0.1) is 11.8 Å². The molecule has 3 aromatic carbocycles. The Morgan fingerprint density at radius 1 is 0.755 bits per heavy atom. The number of aromatic hydroxyl groups is 1. The van der Waals surface area contributed by atoms with Gasteiger partial charge < -0.3 is 10.1 Å². The van der Waals surface area contributed by atoms with Crippen molar-refractivity contribution in [1.82, 2.24) is 14.5 Å². The van der Waals surface area contributed by atoms with Crippen LogP contribution in [0.25, 0.3) is 17.1 Å². The first-order valence-corrected chi connectivity index (χ1v) is 18.3. The number of hydrogen-bond donors (Lipinski definition) is 2. The van der Waals surface area contributed by atoms with Crippen LogP contribution in [0.2, 0.25) is 0 Å². The molecule has 0 aromatic heterocycles. The summed E-state index contributed by atoms with van der Waals surface area (Å²) in [5.74, 6) is 7.50. The average molecular weight is 656 g/mol. The Kier molecular flexibility index (Phi) is 12.5. The van der Waals surface area contributed by atoms with Gasteiger partial charge in [0.15, 0.2) is 5.82 Å². The fourth-order valence-corrected chi connectivity index (χ4v) is 6.29. The number of aromatic amines is 1. The van der Waals surface area contributed by atoms with E-state index in [9.17, 15) is 9.90 Å². The number of nitrogens with zero attached hydrogens (tertiary/aromatic N) is 2. The summed E-state index contributed by atoms with van der Waals surface area (Å²) in [6, 6.07) is 23.9. The summed E-state index contributed by atoms with van der Waals surface area (Å²) < 4.78 is 1.67. The van der Waals surface area contributed by atoms with E-state index in [2.05, 4.69) is 80.9 Å². The summed E-state index contributed by atoms with van der Waals surface area (Å²) in [6.45, 7) is 8.90. The maximum Gasteiger partial charge on any atom is 0.278 e. The van der Waals surface area contributed by atoms with Crippen molar-refractivity contribution >= 4 is 0 Å². The number of phenolic OH excluding ortho intramolecular Hbond substituents is 1. The molecule has 0 atom stereocenters. The second-order valence-electron chi connectivity index (χ2n) is 14.5. The van der Waals surface area contributed by atoms with Crippen molar-refractivity contribution in [2.24, 2.45) is 0 Å². The molecule has 5 nitrogen and oxygen atoms in total. The van der Waals surface area contributed by atoms with E-state index < -0.39 is 0 Å². The number of aromatic nitrogens is 3. The largest absolute Gasteiger partial charge is 0.508 e. The third-order valence-electron chi connectivity index (χ3n) is 9.34. The van der Waals surface area contributed by atoms with Crippen LogP contribution in [0.4, 0.5) is 0 Å². The zero-order chi connectivity index (χ0) is 34.6. The second-order valence-corrected chi connectivity index (χ2v) is 14.5. The number of benzene rings is 3. The molecule has 2 N–H and O–H groups in total. The first kappa shape index (κ1) is 35.7. The normalized spacial score (nSPS) is 11.5. The lowest BCUT2D eigenvalue weighted by atomic mass is 9.86. The molecular formula is C44H53N3O2. The van der Waals surface area contributed by atoms with E-state index in [0.29, 0.717) is 24.4 Å². The van der Waals surface area contributed by atoms with Gasteiger partial charge in [-0.1, -0.05) is 134 Å². The second kappa shape index (κ2) is 17.2. The maximum atomic E-state index is 13.8. The van der Waals surface area contributed by atoms with E-state index in [4.69, 9.17) is 4.98 Å². The number of H-pyrrole nitrogens is 1. The molecule has 0 aliphatic carbocycles. The van der Waals surface area contributed by atoms with Crippen LogP contribution in [0.3, 0.4) is 0 Å². The molecule has 2 heterocycles. The summed E-state index contributed by atoms with van der Waals surface area (Å²) in [5, 5.41) is 9.85. The molecule has 0 saturated carbocycles. The summed E-state index contributed by atoms with van der Waals surface area (Å²) in [5.41, 5.74) is 7.45. The number of phenols is 1. The van der Waals surface area contributed by atoms with Crippen molar-refractivity contribution < 1.29 is 5.11 Å². The lowest BCUT2D eigenvalue weighted by molar-refractivity contribution is 0.475. The van der Waals surface area contributed by atoms with E-state index >= 15 is 0 Å². The first-order chi connectivity index (χ1) is 23.7. The van der Waals surface area contributed by atoms with Crippen LogP contribution < -0.4 is 5.56 Å². The van der Waals surface area contributed by atoms with E-state index in [-0.39, 0.29) is 16.7 Å². The third kappa shape index (κ3) is 10.2. The minimum absolute atomic E-state index is 0.0728. The van der Waals surface area contributed by atoms with Crippen LogP contribution in [-0.4, -0.2) is 19.6 Å². The van der Waals surface area contributed by atoms with Crippen LogP contribution in [0.15, 0.2) is 83.8 Å². The van der Waals surface area contributed by atoms with E-state index in [1.807, 2.05) is 30.5 Å². The van der Waals surface area contributed by atoms with Gasteiger partial charge in [0, 0.05) is 31.0 Å². The lowest BCUT2D eigenvalue weighted by Gasteiger charge is -2.19. The summed E-state index contributed by atoms with van der Waals surface area (Å²) in [4.78, 5) is 22.2. The molecule has 0 saturated heterocycles. The van der Waals surface area contributed by atoms with Crippen molar-refractivity contribution in [3.05, 3.63) is 123 Å². The highest BCUT2D eigenvalue weighted by molar-refractivity contribution is 5.61. The molecular weight excluding hydrogens is 603 g/mol. The van der Waals surface area contributed by atoms with Crippen LogP contribution >= 0.6 is 0 Å². The van der Waals surface area contributed by atoms with E-state index in [1.54, 1.807) is 16.7 Å². The standard InChI is InChI=1S/C44H53N3O2/c1-5-6-7-8-9-10-11-12-13-14-15-16-17-33-18-20-34(21-19-33)31-40-43(49)47-32-41(36-24-28-38(48)29-25-36)45-39(42(47)46-40)30-35-22-26-37(27-23-35)44(2,3)4/h18-29,32,45,48H,5-15,30-31H2,1-4H3. The summed E-state index contributed by atoms with van der Waals surface area (Å²) in [7, 11) is 0. The number of hydrogen-bond acceptors (Lipinski definition) is 3. The Labute approximate surface area is 293 Å². The third-order valence-corrected chi connectivity index (χ3v) is 9.34. The highest BCUT2D eigenvalue weighted by Gasteiger charge is 2.21. The summed E-state index contributed by atoms with van der Waals surface area (Å²) >= 11 is 0. The Bertz CT molecular complexity index is 1840. The molecule has 5 rings (SSSR count).